The van der Waals surface area contributed by atoms with E-state index in [2.05, 4.69) is 16.6 Å². The van der Waals surface area contributed by atoms with E-state index >= 15 is 0 Å². The molecule has 36 heavy (non-hydrogen) atoms. The van der Waals surface area contributed by atoms with Crippen LogP contribution in [-0.2, 0) is 20.9 Å². The van der Waals surface area contributed by atoms with Gasteiger partial charge in [-0.2, -0.15) is 0 Å². The Labute approximate surface area is 214 Å². The minimum absolute atomic E-state index is 0.102. The lowest BCUT2D eigenvalue weighted by Crippen LogP contribution is -2.52. The molecular formula is C29H37N3O4. The topological polar surface area (TPSA) is 87.7 Å². The molecule has 0 aromatic heterocycles. The number of carbonyl (C=O) groups is 3. The molecule has 2 rings (SSSR count). The predicted molar refractivity (Wildman–Crippen MR) is 141 cm³/mol. The summed E-state index contributed by atoms with van der Waals surface area (Å²) in [5.74, 6) is 1.92. The predicted octanol–water partition coefficient (Wildman–Crippen LogP) is 4.42. The minimum atomic E-state index is -0.997. The van der Waals surface area contributed by atoms with Crippen LogP contribution in [0.2, 0.25) is 0 Å². The van der Waals surface area contributed by atoms with Crippen LogP contribution in [0.5, 0.6) is 0 Å². The molecule has 2 aromatic rings. The van der Waals surface area contributed by atoms with Crippen LogP contribution >= 0.6 is 0 Å². The number of nitrogens with one attached hydrogen (secondary N) is 2. The Hall–Kier alpha value is -3.79. The molecule has 7 nitrogen and oxygen atoms in total. The number of benzene rings is 2. The summed E-state index contributed by atoms with van der Waals surface area (Å²) >= 11 is 0. The normalized spacial score (nSPS) is 12.7. The number of amides is 3. The Morgan fingerprint density at radius 2 is 1.64 bits per heavy atom. The average molecular weight is 492 g/mol. The molecule has 0 bridgehead atoms. The highest BCUT2D eigenvalue weighted by Gasteiger charge is 2.35. The number of likely N-dealkylation sites (N-methyl/N-ethyl adjacent to an activating group) is 1. The molecule has 0 saturated heterocycles. The molecule has 0 saturated carbocycles. The largest absolute Gasteiger partial charge is 0.444 e. The Morgan fingerprint density at radius 1 is 1.03 bits per heavy atom. The molecule has 0 spiro atoms. The number of hydrogen-bond donors (Lipinski definition) is 2. The average Bonchev–Trinajstić information content (AvgIpc) is 2.81. The first kappa shape index (κ1) is 28.4. The summed E-state index contributed by atoms with van der Waals surface area (Å²) in [6.45, 7) is 9.46. The fourth-order valence-electron chi connectivity index (χ4n) is 3.79. The second-order valence-corrected chi connectivity index (χ2v) is 10.1. The summed E-state index contributed by atoms with van der Waals surface area (Å²) in [5, 5.41) is 5.62. The van der Waals surface area contributed by atoms with Crippen LogP contribution in [0, 0.1) is 18.3 Å². The SMILES string of the molecule is C#Cc1ccccc1C(C(=O)NCc1ccccc1)N(C)C(=O)C(CC(C)C)NC(=O)OC(C)(C)C. The fourth-order valence-corrected chi connectivity index (χ4v) is 3.79. The van der Waals surface area contributed by atoms with E-state index in [4.69, 9.17) is 11.2 Å². The molecule has 0 heterocycles. The van der Waals surface area contributed by atoms with Crippen molar-refractivity contribution in [3.8, 4) is 12.3 Å². The smallest absolute Gasteiger partial charge is 0.408 e. The summed E-state index contributed by atoms with van der Waals surface area (Å²) in [6.07, 6.45) is 5.40. The fraction of sp³-hybridized carbons (Fsp3) is 0.414. The summed E-state index contributed by atoms with van der Waals surface area (Å²) in [6, 6.07) is 14.6. The third-order valence-electron chi connectivity index (χ3n) is 5.40. The number of ether oxygens (including phenoxy) is 1. The first-order valence-corrected chi connectivity index (χ1v) is 12.1. The lowest BCUT2D eigenvalue weighted by molar-refractivity contribution is -0.141. The summed E-state index contributed by atoms with van der Waals surface area (Å²) in [5.41, 5.74) is 1.25. The van der Waals surface area contributed by atoms with Gasteiger partial charge in [0.2, 0.25) is 11.8 Å². The van der Waals surface area contributed by atoms with E-state index in [9.17, 15) is 14.4 Å². The van der Waals surface area contributed by atoms with Gasteiger partial charge in [-0.15, -0.1) is 6.42 Å². The highest BCUT2D eigenvalue weighted by Crippen LogP contribution is 2.25. The molecule has 3 amide bonds. The van der Waals surface area contributed by atoms with Gasteiger partial charge in [-0.3, -0.25) is 9.59 Å². The van der Waals surface area contributed by atoms with Gasteiger partial charge in [0.05, 0.1) is 0 Å². The summed E-state index contributed by atoms with van der Waals surface area (Å²) in [4.78, 5) is 41.0. The number of rotatable bonds is 9. The van der Waals surface area contributed by atoms with E-state index < -0.39 is 29.7 Å². The molecule has 2 aromatic carbocycles. The van der Waals surface area contributed by atoms with Crippen molar-refractivity contribution in [1.82, 2.24) is 15.5 Å². The monoisotopic (exact) mass is 491 g/mol. The van der Waals surface area contributed by atoms with Gasteiger partial charge in [-0.1, -0.05) is 68.3 Å². The molecule has 0 fully saturated rings. The molecule has 7 heteroatoms. The van der Waals surface area contributed by atoms with E-state index in [1.54, 1.807) is 52.1 Å². The molecule has 2 atom stereocenters. The van der Waals surface area contributed by atoms with Crippen LogP contribution in [0.15, 0.2) is 54.6 Å². The van der Waals surface area contributed by atoms with Gasteiger partial charge in [0.15, 0.2) is 0 Å². The Bertz CT molecular complexity index is 1080. The van der Waals surface area contributed by atoms with Crippen LogP contribution in [0.25, 0.3) is 0 Å². The number of hydrogen-bond acceptors (Lipinski definition) is 4. The quantitative estimate of drug-likeness (QED) is 0.508. The van der Waals surface area contributed by atoms with Gasteiger partial charge in [-0.05, 0) is 50.3 Å². The highest BCUT2D eigenvalue weighted by molar-refractivity contribution is 5.92. The summed E-state index contributed by atoms with van der Waals surface area (Å²) in [7, 11) is 1.55. The number of alkyl carbamates (subject to hydrolysis) is 1. The molecule has 0 aliphatic heterocycles. The molecule has 192 valence electrons. The van der Waals surface area contributed by atoms with Gasteiger partial charge in [0.25, 0.3) is 0 Å². The zero-order valence-corrected chi connectivity index (χ0v) is 22.0. The van der Waals surface area contributed by atoms with Crippen LogP contribution in [0.1, 0.15) is 63.8 Å². The Balaban J connectivity index is 2.37. The third-order valence-corrected chi connectivity index (χ3v) is 5.40. The van der Waals surface area contributed by atoms with Gasteiger partial charge in [-0.25, -0.2) is 4.79 Å². The van der Waals surface area contributed by atoms with Gasteiger partial charge < -0.3 is 20.3 Å². The zero-order chi connectivity index (χ0) is 26.9. The second kappa shape index (κ2) is 12.8. The lowest BCUT2D eigenvalue weighted by atomic mass is 9.96. The molecule has 0 aliphatic carbocycles. The highest BCUT2D eigenvalue weighted by atomic mass is 16.6. The molecule has 2 unspecified atom stereocenters. The van der Waals surface area contributed by atoms with Crippen molar-refractivity contribution in [3.05, 3.63) is 71.3 Å². The first-order chi connectivity index (χ1) is 16.9. The van der Waals surface area contributed by atoms with Gasteiger partial charge in [0.1, 0.15) is 17.7 Å². The van der Waals surface area contributed by atoms with Crippen molar-refractivity contribution in [2.24, 2.45) is 5.92 Å². The van der Waals surface area contributed by atoms with Crippen LogP contribution in [0.3, 0.4) is 0 Å². The van der Waals surface area contributed by atoms with E-state index in [1.165, 1.54) is 4.90 Å². The maximum absolute atomic E-state index is 13.7. The first-order valence-electron chi connectivity index (χ1n) is 12.1. The number of terminal acetylenes is 1. The van der Waals surface area contributed by atoms with E-state index in [1.807, 2.05) is 44.2 Å². The number of nitrogens with zero attached hydrogens (tertiary/aromatic N) is 1. The second-order valence-electron chi connectivity index (χ2n) is 10.1. The minimum Gasteiger partial charge on any atom is -0.444 e. The van der Waals surface area contributed by atoms with Crippen LogP contribution < -0.4 is 10.6 Å². The van der Waals surface area contributed by atoms with Crippen molar-refractivity contribution in [2.75, 3.05) is 7.05 Å². The van der Waals surface area contributed by atoms with Crippen LogP contribution in [0.4, 0.5) is 4.79 Å². The molecule has 0 aliphatic rings. The van der Waals surface area contributed by atoms with Crippen molar-refractivity contribution < 1.29 is 19.1 Å². The van der Waals surface area contributed by atoms with E-state index in [0.717, 1.165) is 5.56 Å². The van der Waals surface area contributed by atoms with Crippen molar-refractivity contribution >= 4 is 17.9 Å². The molecular weight excluding hydrogens is 454 g/mol. The van der Waals surface area contributed by atoms with Gasteiger partial charge in [0, 0.05) is 19.2 Å². The Kier molecular flexibility index (Phi) is 10.1. The van der Waals surface area contributed by atoms with Crippen molar-refractivity contribution in [1.29, 1.82) is 0 Å². The lowest BCUT2D eigenvalue weighted by Gasteiger charge is -2.32. The van der Waals surface area contributed by atoms with Crippen molar-refractivity contribution in [2.45, 2.75) is 65.3 Å². The van der Waals surface area contributed by atoms with E-state index in [-0.39, 0.29) is 11.8 Å². The standard InChI is InChI=1S/C29H37N3O4/c1-8-22-16-12-13-17-23(22)25(26(33)30-19-21-14-10-9-11-15-21)32(7)27(34)24(18-20(2)3)31-28(35)36-29(4,5)6/h1,9-17,20,24-25H,18-19H2,2-7H3,(H,30,33)(H,31,35). The maximum Gasteiger partial charge on any atom is 0.408 e. The number of carbonyl (C=O) groups excluding carboxylic acids is 3. The molecule has 0 radical (unpaired) electrons. The van der Waals surface area contributed by atoms with Crippen molar-refractivity contribution in [3.63, 3.8) is 0 Å². The van der Waals surface area contributed by atoms with E-state index in [0.29, 0.717) is 24.1 Å². The Morgan fingerprint density at radius 3 is 2.22 bits per heavy atom. The van der Waals surface area contributed by atoms with Crippen LogP contribution in [-0.4, -0.2) is 41.5 Å². The van der Waals surface area contributed by atoms with Gasteiger partial charge >= 0.3 is 6.09 Å². The maximum atomic E-state index is 13.7. The molecule has 2 N–H and O–H groups in total. The zero-order valence-electron chi connectivity index (χ0n) is 22.0. The third kappa shape index (κ3) is 8.46. The summed E-state index contributed by atoms with van der Waals surface area (Å²) < 4.78 is 5.37.